The number of carbonyl (C=O) groups is 1. The van der Waals surface area contributed by atoms with Gasteiger partial charge in [-0.25, -0.2) is 4.39 Å². The van der Waals surface area contributed by atoms with Crippen LogP contribution in [0.2, 0.25) is 0 Å². The molecule has 1 aromatic heterocycles. The Morgan fingerprint density at radius 2 is 2.00 bits per heavy atom. The van der Waals surface area contributed by atoms with Gasteiger partial charge in [0.15, 0.2) is 0 Å². The molecule has 6 heteroatoms. The Balaban J connectivity index is 2.07. The average Bonchev–Trinajstić information content (AvgIpc) is 3.03. The number of carbonyl (C=O) groups excluding carboxylic acids is 1. The zero-order valence-corrected chi connectivity index (χ0v) is 14.8. The van der Waals surface area contributed by atoms with Crippen LogP contribution in [0.3, 0.4) is 0 Å². The number of halogens is 1. The van der Waals surface area contributed by atoms with Gasteiger partial charge in [-0.05, 0) is 24.6 Å². The second-order valence-electron chi connectivity index (χ2n) is 5.85. The third-order valence-corrected chi connectivity index (χ3v) is 4.01. The summed E-state index contributed by atoms with van der Waals surface area (Å²) in [6, 6.07) is 10.7. The van der Waals surface area contributed by atoms with Crippen LogP contribution in [0.25, 0.3) is 0 Å². The van der Waals surface area contributed by atoms with Gasteiger partial charge in [0.2, 0.25) is 0 Å². The van der Waals surface area contributed by atoms with Crippen LogP contribution in [0.5, 0.6) is 0 Å². The van der Waals surface area contributed by atoms with Gasteiger partial charge in [0.1, 0.15) is 5.82 Å². The fraction of sp³-hybridized carbons (Fsp3) is 0.421. The van der Waals surface area contributed by atoms with Crippen molar-refractivity contribution in [2.24, 2.45) is 0 Å². The lowest BCUT2D eigenvalue weighted by Gasteiger charge is -2.22. The second kappa shape index (κ2) is 9.96. The molecule has 0 spiro atoms. The smallest absolute Gasteiger partial charge is 0.319 e. The lowest BCUT2D eigenvalue weighted by Crippen LogP contribution is -2.32. The first kappa shape index (κ1) is 19.1. The third kappa shape index (κ3) is 5.99. The summed E-state index contributed by atoms with van der Waals surface area (Å²) < 4.78 is 25.8. The Kier molecular flexibility index (Phi) is 7.63. The number of methoxy groups -OCH3 is 2. The molecule has 0 unspecified atom stereocenters. The van der Waals surface area contributed by atoms with Gasteiger partial charge >= 0.3 is 5.97 Å². The molecule has 0 fully saturated rings. The fourth-order valence-electron chi connectivity index (χ4n) is 2.68. The van der Waals surface area contributed by atoms with Gasteiger partial charge < -0.3 is 14.0 Å². The molecule has 5 nitrogen and oxygen atoms in total. The summed E-state index contributed by atoms with van der Waals surface area (Å²) in [5.41, 5.74) is 1.66. The Morgan fingerprint density at radius 3 is 2.72 bits per heavy atom. The normalized spacial score (nSPS) is 11.0. The topological polar surface area (TPSA) is 43.7 Å². The highest BCUT2D eigenvalue weighted by atomic mass is 19.1. The minimum absolute atomic E-state index is 0.213. The summed E-state index contributed by atoms with van der Waals surface area (Å²) >= 11 is 0. The van der Waals surface area contributed by atoms with E-state index in [2.05, 4.69) is 0 Å². The van der Waals surface area contributed by atoms with Gasteiger partial charge in [-0.15, -0.1) is 0 Å². The highest BCUT2D eigenvalue weighted by Gasteiger charge is 2.14. The molecule has 0 atom stereocenters. The van der Waals surface area contributed by atoms with Crippen molar-refractivity contribution in [3.63, 3.8) is 0 Å². The van der Waals surface area contributed by atoms with E-state index in [1.54, 1.807) is 19.2 Å². The summed E-state index contributed by atoms with van der Waals surface area (Å²) in [6.45, 7) is 2.60. The van der Waals surface area contributed by atoms with Crippen LogP contribution in [0.4, 0.5) is 4.39 Å². The summed E-state index contributed by atoms with van der Waals surface area (Å²) in [4.78, 5) is 13.7. The van der Waals surface area contributed by atoms with E-state index >= 15 is 0 Å². The van der Waals surface area contributed by atoms with Gasteiger partial charge in [-0.2, -0.15) is 0 Å². The molecule has 0 radical (unpaired) electrons. The molecule has 0 aliphatic rings. The van der Waals surface area contributed by atoms with E-state index < -0.39 is 0 Å². The van der Waals surface area contributed by atoms with Crippen molar-refractivity contribution in [3.05, 3.63) is 59.7 Å². The number of hydrogen-bond donors (Lipinski definition) is 0. The molecule has 25 heavy (non-hydrogen) atoms. The van der Waals surface area contributed by atoms with Crippen LogP contribution < -0.4 is 0 Å². The third-order valence-electron chi connectivity index (χ3n) is 4.01. The number of benzene rings is 1. The standard InChI is InChI=1S/C19H25FN2O3/c1-24-12-6-10-21(15-19(23)25-2)14-17-8-5-11-22(17)13-16-7-3-4-9-18(16)20/h3-5,7-9,11H,6,10,12-15H2,1-2H3. The first-order valence-electron chi connectivity index (χ1n) is 8.29. The lowest BCUT2D eigenvalue weighted by molar-refractivity contribution is -0.142. The first-order chi connectivity index (χ1) is 12.1. The van der Waals surface area contributed by atoms with Crippen LogP contribution in [0.15, 0.2) is 42.6 Å². The van der Waals surface area contributed by atoms with Crippen molar-refractivity contribution < 1.29 is 18.7 Å². The summed E-state index contributed by atoms with van der Waals surface area (Å²) in [5, 5.41) is 0. The number of ether oxygens (including phenoxy) is 2. The monoisotopic (exact) mass is 348 g/mol. The predicted molar refractivity (Wildman–Crippen MR) is 93.7 cm³/mol. The van der Waals surface area contributed by atoms with E-state index in [9.17, 15) is 9.18 Å². The summed E-state index contributed by atoms with van der Waals surface area (Å²) in [7, 11) is 3.04. The van der Waals surface area contributed by atoms with E-state index in [4.69, 9.17) is 9.47 Å². The number of esters is 1. The maximum atomic E-state index is 13.9. The molecule has 1 aromatic carbocycles. The van der Waals surface area contributed by atoms with E-state index in [0.29, 0.717) is 31.8 Å². The highest BCUT2D eigenvalue weighted by Crippen LogP contribution is 2.13. The van der Waals surface area contributed by atoms with Crippen molar-refractivity contribution >= 4 is 5.97 Å². The number of rotatable bonds is 10. The molecule has 0 saturated heterocycles. The summed E-state index contributed by atoms with van der Waals surface area (Å²) in [5.74, 6) is -0.488. The van der Waals surface area contributed by atoms with Crippen LogP contribution >= 0.6 is 0 Å². The van der Waals surface area contributed by atoms with Crippen molar-refractivity contribution in [1.82, 2.24) is 9.47 Å². The Bertz CT molecular complexity index is 672. The Labute approximate surface area is 148 Å². The molecule has 136 valence electrons. The average molecular weight is 348 g/mol. The van der Waals surface area contributed by atoms with E-state index in [1.165, 1.54) is 13.2 Å². The zero-order chi connectivity index (χ0) is 18.1. The first-order valence-corrected chi connectivity index (χ1v) is 8.29. The SMILES string of the molecule is COCCCN(CC(=O)OC)Cc1cccn1Cc1ccccc1F. The van der Waals surface area contributed by atoms with Crippen molar-refractivity contribution in [3.8, 4) is 0 Å². The molecule has 0 aliphatic heterocycles. The van der Waals surface area contributed by atoms with Crippen molar-refractivity contribution in [2.45, 2.75) is 19.5 Å². The molecule has 0 amide bonds. The molecule has 0 saturated carbocycles. The van der Waals surface area contributed by atoms with Crippen molar-refractivity contribution in [1.29, 1.82) is 0 Å². The van der Waals surface area contributed by atoms with E-state index in [0.717, 1.165) is 12.1 Å². The quantitative estimate of drug-likeness (QED) is 0.489. The fourth-order valence-corrected chi connectivity index (χ4v) is 2.68. The zero-order valence-electron chi connectivity index (χ0n) is 14.8. The van der Waals surface area contributed by atoms with Crippen LogP contribution in [-0.4, -0.2) is 49.4 Å². The van der Waals surface area contributed by atoms with Gasteiger partial charge in [0.05, 0.1) is 20.2 Å². The number of nitrogens with zero attached hydrogens (tertiary/aromatic N) is 2. The Hall–Kier alpha value is -2.18. The Morgan fingerprint density at radius 1 is 1.20 bits per heavy atom. The highest BCUT2D eigenvalue weighted by molar-refractivity contribution is 5.71. The van der Waals surface area contributed by atoms with Crippen molar-refractivity contribution in [2.75, 3.05) is 33.9 Å². The molecule has 0 aliphatic carbocycles. The van der Waals surface area contributed by atoms with E-state index in [-0.39, 0.29) is 18.3 Å². The van der Waals surface area contributed by atoms with Gasteiger partial charge in [0, 0.05) is 44.3 Å². The minimum Gasteiger partial charge on any atom is -0.468 e. The molecular weight excluding hydrogens is 323 g/mol. The van der Waals surface area contributed by atoms with E-state index in [1.807, 2.05) is 33.9 Å². The maximum Gasteiger partial charge on any atom is 0.319 e. The molecule has 0 N–H and O–H groups in total. The van der Waals surface area contributed by atoms with Crippen LogP contribution in [0, 0.1) is 5.82 Å². The van der Waals surface area contributed by atoms with Gasteiger partial charge in [-0.1, -0.05) is 18.2 Å². The molecule has 2 rings (SSSR count). The molecular formula is C19H25FN2O3. The predicted octanol–water partition coefficient (Wildman–Crippen LogP) is 2.69. The maximum absolute atomic E-state index is 13.9. The number of aromatic nitrogens is 1. The van der Waals surface area contributed by atoms with Crippen LogP contribution in [-0.2, 0) is 27.4 Å². The van der Waals surface area contributed by atoms with Crippen LogP contribution in [0.1, 0.15) is 17.7 Å². The lowest BCUT2D eigenvalue weighted by atomic mass is 10.2. The van der Waals surface area contributed by atoms with Gasteiger partial charge in [-0.3, -0.25) is 9.69 Å². The second-order valence-corrected chi connectivity index (χ2v) is 5.85. The molecule has 2 aromatic rings. The number of hydrogen-bond acceptors (Lipinski definition) is 4. The summed E-state index contributed by atoms with van der Waals surface area (Å²) in [6.07, 6.45) is 2.74. The molecule has 0 bridgehead atoms. The molecule has 1 heterocycles. The largest absolute Gasteiger partial charge is 0.468 e. The van der Waals surface area contributed by atoms with Gasteiger partial charge in [0.25, 0.3) is 0 Å². The minimum atomic E-state index is -0.273.